The van der Waals surface area contributed by atoms with E-state index in [1.807, 2.05) is 0 Å². The van der Waals surface area contributed by atoms with Crippen LogP contribution in [0, 0.1) is 0 Å². The van der Waals surface area contributed by atoms with Crippen molar-refractivity contribution in [1.29, 1.82) is 0 Å². The number of nitrogens with two attached hydrogens (primary N) is 1. The van der Waals surface area contributed by atoms with Gasteiger partial charge in [-0.15, -0.1) is 0 Å². The highest BCUT2D eigenvalue weighted by molar-refractivity contribution is 5.17. The molecule has 0 bridgehead atoms. The predicted octanol–water partition coefficient (Wildman–Crippen LogP) is 3.04. The van der Waals surface area contributed by atoms with Crippen LogP contribution in [0.25, 0.3) is 0 Å². The van der Waals surface area contributed by atoms with Crippen molar-refractivity contribution in [2.45, 2.75) is 26.1 Å². The molecule has 2 N–H and O–H groups in total. The van der Waals surface area contributed by atoms with E-state index in [-0.39, 0.29) is 0 Å². The van der Waals surface area contributed by atoms with E-state index in [1.165, 1.54) is 11.1 Å². The van der Waals surface area contributed by atoms with E-state index in [9.17, 15) is 0 Å². The average Bonchev–Trinajstić information content (AvgIpc) is 2.48. The first-order valence-electron chi connectivity index (χ1n) is 6.81. The van der Waals surface area contributed by atoms with Gasteiger partial charge in [-0.3, -0.25) is 4.90 Å². The highest BCUT2D eigenvalue weighted by Gasteiger charge is 2.13. The standard InChI is InChI=1S/C17H22N2/c1-15(12-18)19(13-16-8-4-2-5-9-16)14-17-10-6-3-7-11-17/h2-11,15H,12-14,18H2,1H3. The smallest absolute Gasteiger partial charge is 0.0240 e. The van der Waals surface area contributed by atoms with Gasteiger partial charge in [-0.1, -0.05) is 60.7 Å². The van der Waals surface area contributed by atoms with E-state index in [0.29, 0.717) is 12.6 Å². The minimum atomic E-state index is 0.375. The van der Waals surface area contributed by atoms with Gasteiger partial charge in [0.1, 0.15) is 0 Å². The Morgan fingerprint density at radius 2 is 1.26 bits per heavy atom. The molecule has 0 radical (unpaired) electrons. The van der Waals surface area contributed by atoms with E-state index >= 15 is 0 Å². The number of rotatable bonds is 6. The fourth-order valence-corrected chi connectivity index (χ4v) is 2.15. The van der Waals surface area contributed by atoms with Crippen molar-refractivity contribution in [3.63, 3.8) is 0 Å². The molecule has 100 valence electrons. The van der Waals surface area contributed by atoms with E-state index in [4.69, 9.17) is 5.73 Å². The second kappa shape index (κ2) is 7.07. The summed E-state index contributed by atoms with van der Waals surface area (Å²) in [7, 11) is 0. The molecular weight excluding hydrogens is 232 g/mol. The van der Waals surface area contributed by atoms with Crippen LogP contribution in [-0.2, 0) is 13.1 Å². The topological polar surface area (TPSA) is 29.3 Å². The highest BCUT2D eigenvalue weighted by atomic mass is 15.2. The van der Waals surface area contributed by atoms with Crippen LogP contribution >= 0.6 is 0 Å². The fraction of sp³-hybridized carbons (Fsp3) is 0.294. The van der Waals surface area contributed by atoms with Gasteiger partial charge in [-0.05, 0) is 18.1 Å². The Labute approximate surface area is 115 Å². The van der Waals surface area contributed by atoms with Crippen LogP contribution in [-0.4, -0.2) is 17.5 Å². The quantitative estimate of drug-likeness (QED) is 0.858. The van der Waals surface area contributed by atoms with Crippen molar-refractivity contribution in [2.75, 3.05) is 6.54 Å². The maximum Gasteiger partial charge on any atom is 0.0240 e. The summed E-state index contributed by atoms with van der Waals surface area (Å²) in [6.07, 6.45) is 0. The average molecular weight is 254 g/mol. The molecule has 0 aliphatic carbocycles. The molecule has 2 heteroatoms. The molecule has 0 saturated carbocycles. The summed E-state index contributed by atoms with van der Waals surface area (Å²) >= 11 is 0. The summed E-state index contributed by atoms with van der Waals surface area (Å²) in [4.78, 5) is 2.42. The molecule has 2 nitrogen and oxygen atoms in total. The Bertz CT molecular complexity index is 426. The third-order valence-corrected chi connectivity index (χ3v) is 3.42. The van der Waals surface area contributed by atoms with Crippen LogP contribution in [0.4, 0.5) is 0 Å². The summed E-state index contributed by atoms with van der Waals surface area (Å²) in [6, 6.07) is 21.5. The molecule has 2 aromatic carbocycles. The lowest BCUT2D eigenvalue weighted by Gasteiger charge is -2.28. The van der Waals surface area contributed by atoms with Crippen LogP contribution in [0.1, 0.15) is 18.1 Å². The third-order valence-electron chi connectivity index (χ3n) is 3.42. The predicted molar refractivity (Wildman–Crippen MR) is 80.6 cm³/mol. The minimum absolute atomic E-state index is 0.375. The van der Waals surface area contributed by atoms with Crippen LogP contribution in [0.3, 0.4) is 0 Å². The molecule has 1 unspecified atom stereocenters. The summed E-state index contributed by atoms with van der Waals surface area (Å²) in [5, 5.41) is 0. The Morgan fingerprint density at radius 1 is 0.842 bits per heavy atom. The first kappa shape index (κ1) is 13.8. The van der Waals surface area contributed by atoms with Gasteiger partial charge in [0.2, 0.25) is 0 Å². The molecule has 0 aromatic heterocycles. The second-order valence-corrected chi connectivity index (χ2v) is 4.96. The molecule has 0 aliphatic rings. The van der Waals surface area contributed by atoms with Gasteiger partial charge < -0.3 is 5.73 Å². The molecule has 0 aliphatic heterocycles. The number of benzene rings is 2. The highest BCUT2D eigenvalue weighted by Crippen LogP contribution is 2.12. The van der Waals surface area contributed by atoms with Crippen LogP contribution in [0.2, 0.25) is 0 Å². The van der Waals surface area contributed by atoms with E-state index in [2.05, 4.69) is 72.5 Å². The molecule has 0 saturated heterocycles. The zero-order valence-electron chi connectivity index (χ0n) is 11.5. The molecule has 1 atom stereocenters. The zero-order chi connectivity index (χ0) is 13.5. The van der Waals surface area contributed by atoms with Gasteiger partial charge in [0.25, 0.3) is 0 Å². The van der Waals surface area contributed by atoms with Gasteiger partial charge in [-0.25, -0.2) is 0 Å². The lowest BCUT2D eigenvalue weighted by molar-refractivity contribution is 0.195. The molecular formula is C17H22N2. The van der Waals surface area contributed by atoms with Crippen LogP contribution in [0.15, 0.2) is 60.7 Å². The van der Waals surface area contributed by atoms with Crippen molar-refractivity contribution in [2.24, 2.45) is 5.73 Å². The van der Waals surface area contributed by atoms with E-state index in [0.717, 1.165) is 13.1 Å². The maximum absolute atomic E-state index is 5.84. The van der Waals surface area contributed by atoms with Gasteiger partial charge in [0.15, 0.2) is 0 Å². The molecule has 0 amide bonds. The van der Waals surface area contributed by atoms with E-state index < -0.39 is 0 Å². The molecule has 2 rings (SSSR count). The summed E-state index contributed by atoms with van der Waals surface area (Å²) in [5.74, 6) is 0. The largest absolute Gasteiger partial charge is 0.329 e. The Hall–Kier alpha value is -1.64. The lowest BCUT2D eigenvalue weighted by Crippen LogP contribution is -2.37. The zero-order valence-corrected chi connectivity index (χ0v) is 11.5. The van der Waals surface area contributed by atoms with Crippen LogP contribution < -0.4 is 5.73 Å². The Morgan fingerprint density at radius 3 is 1.63 bits per heavy atom. The van der Waals surface area contributed by atoms with Gasteiger partial charge in [0.05, 0.1) is 0 Å². The van der Waals surface area contributed by atoms with E-state index in [1.54, 1.807) is 0 Å². The molecule has 0 heterocycles. The van der Waals surface area contributed by atoms with Gasteiger partial charge >= 0.3 is 0 Å². The molecule has 0 fully saturated rings. The normalized spacial score (nSPS) is 12.6. The molecule has 0 spiro atoms. The Kier molecular flexibility index (Phi) is 5.13. The second-order valence-electron chi connectivity index (χ2n) is 4.96. The minimum Gasteiger partial charge on any atom is -0.329 e. The van der Waals surface area contributed by atoms with Crippen molar-refractivity contribution in [1.82, 2.24) is 4.90 Å². The van der Waals surface area contributed by atoms with Crippen molar-refractivity contribution in [3.8, 4) is 0 Å². The third kappa shape index (κ3) is 4.19. The number of hydrogen-bond acceptors (Lipinski definition) is 2. The van der Waals surface area contributed by atoms with Gasteiger partial charge in [-0.2, -0.15) is 0 Å². The van der Waals surface area contributed by atoms with Crippen molar-refractivity contribution >= 4 is 0 Å². The first-order chi connectivity index (χ1) is 9.29. The maximum atomic E-state index is 5.84. The summed E-state index contributed by atoms with van der Waals surface area (Å²) in [5.41, 5.74) is 8.50. The molecule has 2 aromatic rings. The first-order valence-corrected chi connectivity index (χ1v) is 6.81. The van der Waals surface area contributed by atoms with Crippen molar-refractivity contribution in [3.05, 3.63) is 71.8 Å². The Balaban J connectivity index is 2.08. The lowest BCUT2D eigenvalue weighted by atomic mass is 10.1. The number of nitrogens with zero attached hydrogens (tertiary/aromatic N) is 1. The summed E-state index contributed by atoms with van der Waals surface area (Å²) in [6.45, 7) is 4.74. The van der Waals surface area contributed by atoms with Crippen LogP contribution in [0.5, 0.6) is 0 Å². The van der Waals surface area contributed by atoms with Crippen molar-refractivity contribution < 1.29 is 0 Å². The number of hydrogen-bond donors (Lipinski definition) is 1. The molecule has 19 heavy (non-hydrogen) atoms. The summed E-state index contributed by atoms with van der Waals surface area (Å²) < 4.78 is 0. The fourth-order valence-electron chi connectivity index (χ4n) is 2.15. The van der Waals surface area contributed by atoms with Gasteiger partial charge in [0, 0.05) is 25.7 Å². The monoisotopic (exact) mass is 254 g/mol. The SMILES string of the molecule is CC(CN)N(Cc1ccccc1)Cc1ccccc1.